The Balaban J connectivity index is 1.76. The number of rotatable bonds is 5. The van der Waals surface area contributed by atoms with Crippen molar-refractivity contribution in [3.63, 3.8) is 0 Å². The van der Waals surface area contributed by atoms with E-state index in [4.69, 9.17) is 11.6 Å². The number of amides is 2. The fraction of sp³-hybridized carbons (Fsp3) is 0.238. The van der Waals surface area contributed by atoms with Crippen molar-refractivity contribution in [1.29, 1.82) is 0 Å². The molecular weight excluding hydrogens is 394 g/mol. The fourth-order valence-electron chi connectivity index (χ4n) is 3.12. The van der Waals surface area contributed by atoms with Crippen molar-refractivity contribution in [3.8, 4) is 11.5 Å². The average Bonchev–Trinajstić information content (AvgIpc) is 3.09. The van der Waals surface area contributed by atoms with Gasteiger partial charge in [-0.15, -0.1) is 0 Å². The van der Waals surface area contributed by atoms with E-state index in [-0.39, 0.29) is 34.5 Å². The maximum atomic E-state index is 12.9. The van der Waals surface area contributed by atoms with Gasteiger partial charge >= 0.3 is 0 Å². The lowest BCUT2D eigenvalue weighted by molar-refractivity contribution is -0.111. The molecule has 7 nitrogen and oxygen atoms in total. The molecule has 2 aromatic rings. The number of carbonyl (C=O) groups excluding carboxylic acids is 2. The van der Waals surface area contributed by atoms with Crippen molar-refractivity contribution in [2.75, 3.05) is 26.0 Å². The highest BCUT2D eigenvalue weighted by molar-refractivity contribution is 6.32. The summed E-state index contributed by atoms with van der Waals surface area (Å²) in [5.74, 6) is -1.29. The lowest BCUT2D eigenvalue weighted by Crippen LogP contribution is -2.25. The van der Waals surface area contributed by atoms with Crippen LogP contribution in [0.2, 0.25) is 5.02 Å². The van der Waals surface area contributed by atoms with Crippen LogP contribution in [-0.2, 0) is 17.9 Å². The third-order valence-electron chi connectivity index (χ3n) is 4.56. The summed E-state index contributed by atoms with van der Waals surface area (Å²) in [5, 5.41) is 22.4. The van der Waals surface area contributed by atoms with Gasteiger partial charge in [-0.1, -0.05) is 29.8 Å². The van der Waals surface area contributed by atoms with Gasteiger partial charge in [-0.05, 0) is 31.8 Å². The zero-order chi connectivity index (χ0) is 21.1. The summed E-state index contributed by atoms with van der Waals surface area (Å²) >= 11 is 5.88. The molecule has 0 saturated heterocycles. The molecule has 3 N–H and O–H groups in total. The molecule has 0 unspecified atom stereocenters. The highest BCUT2D eigenvalue weighted by Crippen LogP contribution is 2.35. The van der Waals surface area contributed by atoms with Gasteiger partial charge in [0, 0.05) is 43.0 Å². The van der Waals surface area contributed by atoms with Crippen LogP contribution >= 0.6 is 11.6 Å². The molecule has 2 aromatic carbocycles. The van der Waals surface area contributed by atoms with Crippen LogP contribution in [0, 0.1) is 0 Å². The van der Waals surface area contributed by atoms with E-state index in [1.165, 1.54) is 12.1 Å². The number of phenols is 2. The van der Waals surface area contributed by atoms with Gasteiger partial charge in [-0.25, -0.2) is 0 Å². The standard InChI is InChI=1S/C21H22ClN3O4/c1-24(2)8-4-7-20(28)23-17-6-3-5-13-11-25(12-15(13)17)21(29)14-9-16(22)19(27)10-18(14)26/h3-7,9-10,26-27H,8,11-12H2,1-2H3,(H,23,28)/b7-4+. The Morgan fingerprint density at radius 3 is 2.69 bits per heavy atom. The molecule has 0 radical (unpaired) electrons. The van der Waals surface area contributed by atoms with Crippen LogP contribution in [0.15, 0.2) is 42.5 Å². The first-order valence-electron chi connectivity index (χ1n) is 9.00. The second kappa shape index (κ2) is 8.55. The number of fused-ring (bicyclic) bond motifs is 1. The van der Waals surface area contributed by atoms with Gasteiger partial charge in [-0.2, -0.15) is 0 Å². The van der Waals surface area contributed by atoms with Gasteiger partial charge < -0.3 is 25.3 Å². The minimum absolute atomic E-state index is 0.0119. The van der Waals surface area contributed by atoms with Gasteiger partial charge in [0.15, 0.2) is 0 Å². The van der Waals surface area contributed by atoms with Gasteiger partial charge in [0.05, 0.1) is 10.6 Å². The van der Waals surface area contributed by atoms with Gasteiger partial charge in [0.25, 0.3) is 5.91 Å². The number of halogens is 1. The minimum atomic E-state index is -0.413. The topological polar surface area (TPSA) is 93.1 Å². The Kier molecular flexibility index (Phi) is 6.10. The number of aromatic hydroxyl groups is 2. The first kappa shape index (κ1) is 20.7. The number of carbonyl (C=O) groups is 2. The third kappa shape index (κ3) is 4.70. The quantitative estimate of drug-likeness (QED) is 0.653. The number of nitrogens with zero attached hydrogens (tertiary/aromatic N) is 2. The summed E-state index contributed by atoms with van der Waals surface area (Å²) < 4.78 is 0. The van der Waals surface area contributed by atoms with Crippen molar-refractivity contribution >= 4 is 29.1 Å². The van der Waals surface area contributed by atoms with Gasteiger partial charge in [-0.3, -0.25) is 9.59 Å². The second-order valence-corrected chi connectivity index (χ2v) is 7.49. The predicted octanol–water partition coefficient (Wildman–Crippen LogP) is 2.96. The fourth-order valence-corrected chi connectivity index (χ4v) is 3.28. The lowest BCUT2D eigenvalue weighted by Gasteiger charge is -2.17. The summed E-state index contributed by atoms with van der Waals surface area (Å²) in [7, 11) is 3.83. The second-order valence-electron chi connectivity index (χ2n) is 7.08. The molecule has 2 amide bonds. The summed E-state index contributed by atoms with van der Waals surface area (Å²) in [5.41, 5.74) is 2.42. The van der Waals surface area contributed by atoms with Crippen LogP contribution < -0.4 is 5.32 Å². The minimum Gasteiger partial charge on any atom is -0.507 e. The molecule has 0 fully saturated rings. The Bertz CT molecular complexity index is 988. The van der Waals surface area contributed by atoms with E-state index in [9.17, 15) is 19.8 Å². The molecular formula is C21H22ClN3O4. The molecule has 1 aliphatic heterocycles. The molecule has 0 atom stereocenters. The molecule has 152 valence electrons. The SMILES string of the molecule is CN(C)C/C=C/C(=O)Nc1cccc2c1CN(C(=O)c1cc(Cl)c(O)cc1O)C2. The van der Waals surface area contributed by atoms with E-state index < -0.39 is 5.91 Å². The number of phenolic OH excluding ortho intramolecular Hbond substituents is 2. The third-order valence-corrected chi connectivity index (χ3v) is 4.87. The van der Waals surface area contributed by atoms with Crippen LogP contribution in [0.4, 0.5) is 5.69 Å². The molecule has 0 bridgehead atoms. The van der Waals surface area contributed by atoms with Crippen LogP contribution in [0.25, 0.3) is 0 Å². The molecule has 0 aliphatic carbocycles. The number of likely N-dealkylation sites (N-methyl/N-ethyl adjacent to an activating group) is 1. The molecule has 3 rings (SSSR count). The molecule has 0 aromatic heterocycles. The Hall–Kier alpha value is -3.03. The van der Waals surface area contributed by atoms with Crippen molar-refractivity contribution in [2.45, 2.75) is 13.1 Å². The van der Waals surface area contributed by atoms with Crippen LogP contribution in [0.1, 0.15) is 21.5 Å². The van der Waals surface area contributed by atoms with Crippen molar-refractivity contribution < 1.29 is 19.8 Å². The van der Waals surface area contributed by atoms with Crippen molar-refractivity contribution in [3.05, 3.63) is 64.2 Å². The largest absolute Gasteiger partial charge is 0.507 e. The lowest BCUT2D eigenvalue weighted by atomic mass is 10.1. The Morgan fingerprint density at radius 1 is 1.21 bits per heavy atom. The summed E-state index contributed by atoms with van der Waals surface area (Å²) in [6, 6.07) is 7.80. The highest BCUT2D eigenvalue weighted by Gasteiger charge is 2.28. The number of nitrogens with one attached hydrogen (secondary N) is 1. The zero-order valence-corrected chi connectivity index (χ0v) is 16.9. The maximum Gasteiger partial charge on any atom is 0.258 e. The predicted molar refractivity (Wildman–Crippen MR) is 111 cm³/mol. The molecule has 8 heteroatoms. The van der Waals surface area contributed by atoms with Crippen molar-refractivity contribution in [1.82, 2.24) is 9.80 Å². The van der Waals surface area contributed by atoms with Crippen molar-refractivity contribution in [2.24, 2.45) is 0 Å². The van der Waals surface area contributed by atoms with Crippen LogP contribution in [0.3, 0.4) is 0 Å². The number of benzene rings is 2. The molecule has 1 heterocycles. The summed E-state index contributed by atoms with van der Waals surface area (Å²) in [6.07, 6.45) is 3.25. The highest BCUT2D eigenvalue weighted by atomic mass is 35.5. The zero-order valence-electron chi connectivity index (χ0n) is 16.1. The van der Waals surface area contributed by atoms with Crippen LogP contribution in [-0.4, -0.2) is 52.5 Å². The van der Waals surface area contributed by atoms with E-state index >= 15 is 0 Å². The Morgan fingerprint density at radius 2 is 1.97 bits per heavy atom. The average molecular weight is 416 g/mol. The maximum absolute atomic E-state index is 12.9. The monoisotopic (exact) mass is 415 g/mol. The summed E-state index contributed by atoms with van der Waals surface area (Å²) in [4.78, 5) is 28.5. The van der Waals surface area contributed by atoms with E-state index in [0.717, 1.165) is 17.2 Å². The number of hydrogen-bond acceptors (Lipinski definition) is 5. The van der Waals surface area contributed by atoms with E-state index in [1.807, 2.05) is 31.1 Å². The van der Waals surface area contributed by atoms with E-state index in [2.05, 4.69) is 5.32 Å². The molecule has 0 spiro atoms. The first-order valence-corrected chi connectivity index (χ1v) is 9.38. The summed E-state index contributed by atoms with van der Waals surface area (Å²) in [6.45, 7) is 1.28. The molecule has 1 aliphatic rings. The number of anilines is 1. The van der Waals surface area contributed by atoms with Gasteiger partial charge in [0.1, 0.15) is 11.5 Å². The molecule has 29 heavy (non-hydrogen) atoms. The smallest absolute Gasteiger partial charge is 0.258 e. The van der Waals surface area contributed by atoms with Gasteiger partial charge in [0.2, 0.25) is 5.91 Å². The Labute approximate surface area is 173 Å². The van der Waals surface area contributed by atoms with E-state index in [0.29, 0.717) is 18.8 Å². The van der Waals surface area contributed by atoms with E-state index in [1.54, 1.807) is 17.0 Å². The van der Waals surface area contributed by atoms with Crippen LogP contribution in [0.5, 0.6) is 11.5 Å². The molecule has 0 saturated carbocycles. The number of hydrogen-bond donors (Lipinski definition) is 3. The normalized spacial score (nSPS) is 13.2. The first-order chi connectivity index (χ1) is 13.8.